The van der Waals surface area contributed by atoms with Crippen LogP contribution in [0.1, 0.15) is 28.6 Å². The monoisotopic (exact) mass is 168 g/mol. The van der Waals surface area contributed by atoms with Crippen LogP contribution in [-0.4, -0.2) is 16.9 Å². The number of hydrogen-bond acceptors (Lipinski definition) is 2. The summed E-state index contributed by atoms with van der Waals surface area (Å²) in [5.74, 6) is -2.05. The SMILES string of the molecule is CCC(C)(C)C(=O)C(=O)O.[H-].[Na+]. The number of hydrogen-bond donors (Lipinski definition) is 1. The van der Waals surface area contributed by atoms with Gasteiger partial charge < -0.3 is 6.53 Å². The van der Waals surface area contributed by atoms with Gasteiger partial charge >= 0.3 is 35.5 Å². The maximum Gasteiger partial charge on any atom is 1.00 e. The van der Waals surface area contributed by atoms with Gasteiger partial charge in [-0.3, -0.25) is 4.79 Å². The zero-order valence-corrected chi connectivity index (χ0v) is 9.47. The Morgan fingerprint density at radius 3 is 1.91 bits per heavy atom. The van der Waals surface area contributed by atoms with Crippen molar-refractivity contribution < 1.29 is 45.7 Å². The number of Topliss-reactive ketones (excluding diaryl/α,β-unsaturated/α-hetero) is 1. The van der Waals surface area contributed by atoms with E-state index in [2.05, 4.69) is 0 Å². The third-order valence-corrected chi connectivity index (χ3v) is 1.69. The summed E-state index contributed by atoms with van der Waals surface area (Å²) in [6, 6.07) is 0. The molecule has 0 aliphatic carbocycles. The van der Waals surface area contributed by atoms with E-state index in [9.17, 15) is 9.59 Å². The van der Waals surface area contributed by atoms with E-state index in [1.165, 1.54) is 0 Å². The van der Waals surface area contributed by atoms with Gasteiger partial charge in [-0.15, -0.1) is 0 Å². The Morgan fingerprint density at radius 1 is 1.45 bits per heavy atom. The Bertz CT molecular complexity index is 168. The van der Waals surface area contributed by atoms with Crippen LogP contribution in [0, 0.1) is 5.41 Å². The average molecular weight is 168 g/mol. The molecule has 0 aromatic rings. The molecule has 0 rings (SSSR count). The van der Waals surface area contributed by atoms with Crippen molar-refractivity contribution in [1.82, 2.24) is 0 Å². The molecule has 0 aromatic heterocycles. The van der Waals surface area contributed by atoms with E-state index in [4.69, 9.17) is 5.11 Å². The van der Waals surface area contributed by atoms with Crippen molar-refractivity contribution in [3.05, 3.63) is 0 Å². The number of carboxylic acid groups (broad SMARTS) is 1. The molecule has 3 nitrogen and oxygen atoms in total. The number of ketones is 1. The van der Waals surface area contributed by atoms with Gasteiger partial charge in [0.25, 0.3) is 0 Å². The minimum atomic E-state index is -1.34. The van der Waals surface area contributed by atoms with E-state index >= 15 is 0 Å². The quantitative estimate of drug-likeness (QED) is 0.399. The molecule has 4 heteroatoms. The number of carboxylic acids is 1. The van der Waals surface area contributed by atoms with Crippen LogP contribution in [0.2, 0.25) is 0 Å². The molecule has 1 N–H and O–H groups in total. The number of rotatable bonds is 3. The Balaban J connectivity index is -0.000000405. The molecule has 60 valence electrons. The molecule has 0 saturated carbocycles. The Labute approximate surface area is 89.9 Å². The van der Waals surface area contributed by atoms with Gasteiger partial charge in [0.1, 0.15) is 0 Å². The maximum atomic E-state index is 10.8. The first-order chi connectivity index (χ1) is 4.41. The smallest absolute Gasteiger partial charge is 1.00 e. The topological polar surface area (TPSA) is 54.4 Å². The zero-order valence-electron chi connectivity index (χ0n) is 8.47. The second kappa shape index (κ2) is 4.91. The Hall–Kier alpha value is 0.140. The average Bonchev–Trinajstić information content (AvgIpc) is 1.86. The van der Waals surface area contributed by atoms with Crippen molar-refractivity contribution in [3.63, 3.8) is 0 Å². The molecule has 0 fully saturated rings. The van der Waals surface area contributed by atoms with E-state index < -0.39 is 17.2 Å². The van der Waals surface area contributed by atoms with Crippen molar-refractivity contribution in [1.29, 1.82) is 0 Å². The molecule has 0 aliphatic heterocycles. The number of carbonyl (C=O) groups is 2. The first-order valence-corrected chi connectivity index (χ1v) is 3.19. The van der Waals surface area contributed by atoms with Crippen LogP contribution in [-0.2, 0) is 9.59 Å². The second-order valence-corrected chi connectivity index (χ2v) is 2.87. The molecule has 0 unspecified atom stereocenters. The molecule has 0 aliphatic rings. The minimum Gasteiger partial charge on any atom is -1.00 e. The van der Waals surface area contributed by atoms with Gasteiger partial charge in [0.15, 0.2) is 0 Å². The van der Waals surface area contributed by atoms with Crippen molar-refractivity contribution in [2.45, 2.75) is 27.2 Å². The van der Waals surface area contributed by atoms with Crippen LogP contribution in [0.5, 0.6) is 0 Å². The summed E-state index contributed by atoms with van der Waals surface area (Å²) in [4.78, 5) is 21.0. The molecule has 0 atom stereocenters. The van der Waals surface area contributed by atoms with E-state index in [-0.39, 0.29) is 31.0 Å². The Morgan fingerprint density at radius 2 is 1.82 bits per heavy atom. The summed E-state index contributed by atoms with van der Waals surface area (Å²) in [5, 5.41) is 8.30. The zero-order chi connectivity index (χ0) is 8.36. The minimum absolute atomic E-state index is 0. The van der Waals surface area contributed by atoms with Gasteiger partial charge in [-0.2, -0.15) is 0 Å². The van der Waals surface area contributed by atoms with Crippen molar-refractivity contribution in [3.8, 4) is 0 Å². The number of carbonyl (C=O) groups excluding carboxylic acids is 1. The van der Waals surface area contributed by atoms with Gasteiger partial charge in [-0.05, 0) is 6.42 Å². The van der Waals surface area contributed by atoms with Gasteiger partial charge in [-0.1, -0.05) is 20.8 Å². The molecule has 0 radical (unpaired) electrons. The molecular formula is C7H13NaO3. The van der Waals surface area contributed by atoms with E-state index in [0.29, 0.717) is 6.42 Å². The molecule has 0 spiro atoms. The van der Waals surface area contributed by atoms with Crippen molar-refractivity contribution in [2.75, 3.05) is 0 Å². The summed E-state index contributed by atoms with van der Waals surface area (Å²) in [6.45, 7) is 5.05. The predicted molar refractivity (Wildman–Crippen MR) is 37.8 cm³/mol. The third-order valence-electron chi connectivity index (χ3n) is 1.69. The molecule has 0 bridgehead atoms. The predicted octanol–water partition coefficient (Wildman–Crippen LogP) is -1.81. The first-order valence-electron chi connectivity index (χ1n) is 3.19. The third kappa shape index (κ3) is 3.89. The molecule has 0 saturated heterocycles. The summed E-state index contributed by atoms with van der Waals surface area (Å²) in [7, 11) is 0. The van der Waals surface area contributed by atoms with Crippen LogP contribution >= 0.6 is 0 Å². The van der Waals surface area contributed by atoms with Gasteiger partial charge in [0.2, 0.25) is 5.78 Å². The maximum absolute atomic E-state index is 10.8. The van der Waals surface area contributed by atoms with E-state index in [0.717, 1.165) is 0 Å². The van der Waals surface area contributed by atoms with Crippen LogP contribution in [0.4, 0.5) is 0 Å². The van der Waals surface area contributed by atoms with E-state index in [1.807, 2.05) is 0 Å². The molecule has 0 amide bonds. The van der Waals surface area contributed by atoms with Crippen molar-refractivity contribution >= 4 is 11.8 Å². The summed E-state index contributed by atoms with van der Waals surface area (Å²) < 4.78 is 0. The van der Waals surface area contributed by atoms with Crippen LogP contribution in [0.3, 0.4) is 0 Å². The fourth-order valence-electron chi connectivity index (χ4n) is 0.450. The fourth-order valence-corrected chi connectivity index (χ4v) is 0.450. The first kappa shape index (κ1) is 13.7. The molecule has 11 heavy (non-hydrogen) atoms. The van der Waals surface area contributed by atoms with Gasteiger partial charge in [-0.25, -0.2) is 4.79 Å². The molecule has 0 aromatic carbocycles. The van der Waals surface area contributed by atoms with Crippen molar-refractivity contribution in [2.24, 2.45) is 5.41 Å². The largest absolute Gasteiger partial charge is 1.00 e. The second-order valence-electron chi connectivity index (χ2n) is 2.87. The van der Waals surface area contributed by atoms with Crippen LogP contribution in [0.25, 0.3) is 0 Å². The molecule has 0 heterocycles. The summed E-state index contributed by atoms with van der Waals surface area (Å²) in [5.41, 5.74) is -0.716. The fraction of sp³-hybridized carbons (Fsp3) is 0.714. The van der Waals surface area contributed by atoms with Gasteiger partial charge in [0, 0.05) is 5.41 Å². The van der Waals surface area contributed by atoms with Crippen LogP contribution in [0.15, 0.2) is 0 Å². The summed E-state index contributed by atoms with van der Waals surface area (Å²) >= 11 is 0. The van der Waals surface area contributed by atoms with Crippen LogP contribution < -0.4 is 29.6 Å². The molecular weight excluding hydrogens is 155 g/mol. The van der Waals surface area contributed by atoms with E-state index in [1.54, 1.807) is 20.8 Å². The Kier molecular flexibility index (Phi) is 6.12. The normalized spacial score (nSPS) is 10.1. The van der Waals surface area contributed by atoms with Gasteiger partial charge in [0.05, 0.1) is 0 Å². The standard InChI is InChI=1S/C7H12O3.Na.H/c1-4-7(2,3)5(8)6(9)10;;/h4H2,1-3H3,(H,9,10);;/q;+1;-1. The summed E-state index contributed by atoms with van der Waals surface area (Å²) in [6.07, 6.45) is 0.554. The number of aliphatic carboxylic acids is 1.